The lowest BCUT2D eigenvalue weighted by atomic mass is 9.99. The molecule has 5 heteroatoms. The molecule has 0 amide bonds. The molecule has 0 atom stereocenters. The summed E-state index contributed by atoms with van der Waals surface area (Å²) >= 11 is 0. The second kappa shape index (κ2) is 4.57. The Morgan fingerprint density at radius 1 is 1.33 bits per heavy atom. The van der Waals surface area contributed by atoms with Gasteiger partial charge >= 0.3 is 0 Å². The Morgan fingerprint density at radius 2 is 1.92 bits per heavy atom. The van der Waals surface area contributed by atoms with Crippen LogP contribution in [0.2, 0.25) is 0 Å². The van der Waals surface area contributed by atoms with Crippen LogP contribution in [0.25, 0.3) is 0 Å². The Hall–Kier alpha value is -0.420. The molecular formula is C7H13NO3S. The Balaban J connectivity index is 2.30. The van der Waals surface area contributed by atoms with E-state index in [2.05, 4.69) is 0 Å². The van der Waals surface area contributed by atoms with Gasteiger partial charge in [0.1, 0.15) is 6.29 Å². The minimum atomic E-state index is -2.30. The minimum absolute atomic E-state index is 0.140. The van der Waals surface area contributed by atoms with Crippen molar-refractivity contribution >= 4 is 17.0 Å². The van der Waals surface area contributed by atoms with Crippen molar-refractivity contribution in [1.82, 2.24) is 4.90 Å². The second-order valence-electron chi connectivity index (χ2n) is 3.07. The van der Waals surface area contributed by atoms with E-state index in [0.717, 1.165) is 32.2 Å². The van der Waals surface area contributed by atoms with Gasteiger partial charge in [0.05, 0.1) is 5.88 Å². The average Bonchev–Trinajstić information content (AvgIpc) is 2.05. The highest BCUT2D eigenvalue weighted by Crippen LogP contribution is 2.13. The van der Waals surface area contributed by atoms with Crippen LogP contribution >= 0.6 is 0 Å². The number of aldehydes is 1. The number of carbonyl (C=O) groups excluding carboxylic acids is 1. The molecule has 0 aliphatic carbocycles. The van der Waals surface area contributed by atoms with Gasteiger partial charge in [0.25, 0.3) is 0 Å². The maximum absolute atomic E-state index is 10.4. The number of nitrogens with zero attached hydrogens (tertiary/aromatic N) is 1. The van der Waals surface area contributed by atoms with E-state index in [1.54, 1.807) is 0 Å². The zero-order valence-electron chi connectivity index (χ0n) is 6.81. The number of rotatable bonds is 3. The van der Waals surface area contributed by atoms with Gasteiger partial charge in [0, 0.05) is 5.92 Å². The van der Waals surface area contributed by atoms with Crippen molar-refractivity contribution in [1.29, 1.82) is 0 Å². The van der Waals surface area contributed by atoms with Gasteiger partial charge in [-0.05, 0) is 25.9 Å². The van der Waals surface area contributed by atoms with Crippen LogP contribution in [-0.2, 0) is 15.5 Å². The summed E-state index contributed by atoms with van der Waals surface area (Å²) in [5.74, 6) is 0.284. The highest BCUT2D eigenvalue weighted by atomic mass is 32.2. The lowest BCUT2D eigenvalue weighted by molar-refractivity contribution is -0.112. The number of carbonyl (C=O) groups is 1. The summed E-state index contributed by atoms with van der Waals surface area (Å²) in [6.45, 7) is 1.46. The molecule has 12 heavy (non-hydrogen) atoms. The Labute approximate surface area is 73.5 Å². The maximum Gasteiger partial charge on any atom is 0.153 e. The summed E-state index contributed by atoms with van der Waals surface area (Å²) in [5.41, 5.74) is 0. The third-order valence-electron chi connectivity index (χ3n) is 2.14. The van der Waals surface area contributed by atoms with Crippen LogP contribution in [0.3, 0.4) is 0 Å². The molecule has 1 aliphatic heterocycles. The lowest BCUT2D eigenvalue weighted by Gasteiger charge is -2.27. The number of hydrogen-bond acceptors (Lipinski definition) is 4. The van der Waals surface area contributed by atoms with Gasteiger partial charge in [-0.15, -0.1) is 0 Å². The maximum atomic E-state index is 10.4. The first kappa shape index (κ1) is 9.67. The number of piperidine rings is 1. The molecule has 0 saturated carbocycles. The van der Waals surface area contributed by atoms with E-state index in [0.29, 0.717) is 0 Å². The quantitative estimate of drug-likeness (QED) is 0.481. The molecule has 1 saturated heterocycles. The molecule has 1 heterocycles. The molecule has 1 fully saturated rings. The molecule has 1 aliphatic rings. The molecule has 70 valence electrons. The van der Waals surface area contributed by atoms with Gasteiger partial charge in [-0.3, -0.25) is 4.90 Å². The van der Waals surface area contributed by atoms with Crippen LogP contribution in [0.1, 0.15) is 12.8 Å². The number of likely N-dealkylation sites (tertiary alicyclic amines) is 1. The summed E-state index contributed by atoms with van der Waals surface area (Å²) in [6.07, 6.45) is 2.56. The average molecular weight is 191 g/mol. The normalized spacial score (nSPS) is 21.4. The van der Waals surface area contributed by atoms with Gasteiger partial charge in [0.2, 0.25) is 0 Å². The SMILES string of the molecule is O=CC1CCN(C[SH](=O)=O)CC1. The van der Waals surface area contributed by atoms with Crippen LogP contribution in [0.5, 0.6) is 0 Å². The van der Waals surface area contributed by atoms with E-state index in [1.165, 1.54) is 0 Å². The van der Waals surface area contributed by atoms with Crippen molar-refractivity contribution < 1.29 is 13.2 Å². The van der Waals surface area contributed by atoms with Gasteiger partial charge in [0.15, 0.2) is 10.7 Å². The first-order valence-electron chi connectivity index (χ1n) is 4.02. The van der Waals surface area contributed by atoms with E-state index in [9.17, 15) is 13.2 Å². The highest BCUT2D eigenvalue weighted by Gasteiger charge is 2.18. The fourth-order valence-corrected chi connectivity index (χ4v) is 2.00. The van der Waals surface area contributed by atoms with Gasteiger partial charge in [-0.1, -0.05) is 0 Å². The molecule has 0 unspecified atom stereocenters. The number of hydrogen-bond donors (Lipinski definition) is 1. The summed E-state index contributed by atoms with van der Waals surface area (Å²) in [5, 5.41) is 0. The predicted octanol–water partition coefficient (Wildman–Crippen LogP) is -0.534. The van der Waals surface area contributed by atoms with E-state index in [-0.39, 0.29) is 11.8 Å². The zero-order chi connectivity index (χ0) is 8.97. The molecule has 0 aromatic rings. The van der Waals surface area contributed by atoms with Crippen molar-refractivity contribution in [3.8, 4) is 0 Å². The minimum Gasteiger partial charge on any atom is -0.303 e. The van der Waals surface area contributed by atoms with Crippen molar-refractivity contribution in [2.24, 2.45) is 5.92 Å². The van der Waals surface area contributed by atoms with Crippen molar-refractivity contribution in [2.75, 3.05) is 19.0 Å². The van der Waals surface area contributed by atoms with Gasteiger partial charge < -0.3 is 4.79 Å². The summed E-state index contributed by atoms with van der Waals surface area (Å²) in [4.78, 5) is 12.2. The van der Waals surface area contributed by atoms with Crippen LogP contribution in [0, 0.1) is 5.92 Å². The first-order chi connectivity index (χ1) is 5.72. The molecule has 1 rings (SSSR count). The fraction of sp³-hybridized carbons (Fsp3) is 0.857. The third-order valence-corrected chi connectivity index (χ3v) is 2.77. The van der Waals surface area contributed by atoms with Crippen LogP contribution in [-0.4, -0.2) is 38.6 Å². The summed E-state index contributed by atoms with van der Waals surface area (Å²) in [7, 11) is -2.30. The molecular weight excluding hydrogens is 178 g/mol. The topological polar surface area (TPSA) is 54.5 Å². The highest BCUT2D eigenvalue weighted by molar-refractivity contribution is 7.72. The van der Waals surface area contributed by atoms with Crippen LogP contribution in [0.15, 0.2) is 0 Å². The molecule has 0 bridgehead atoms. The van der Waals surface area contributed by atoms with E-state index < -0.39 is 10.7 Å². The Kier molecular flexibility index (Phi) is 3.68. The third kappa shape index (κ3) is 2.91. The molecule has 4 nitrogen and oxygen atoms in total. The van der Waals surface area contributed by atoms with E-state index in [1.807, 2.05) is 4.90 Å². The summed E-state index contributed by atoms with van der Waals surface area (Å²) in [6, 6.07) is 0. The van der Waals surface area contributed by atoms with E-state index >= 15 is 0 Å². The zero-order valence-corrected chi connectivity index (χ0v) is 7.70. The Morgan fingerprint density at radius 3 is 2.33 bits per heavy atom. The molecule has 0 radical (unpaired) electrons. The monoisotopic (exact) mass is 191 g/mol. The second-order valence-corrected chi connectivity index (χ2v) is 4.01. The predicted molar refractivity (Wildman–Crippen MR) is 45.5 cm³/mol. The Bertz CT molecular complexity index is 211. The van der Waals surface area contributed by atoms with Crippen LogP contribution in [0.4, 0.5) is 0 Å². The van der Waals surface area contributed by atoms with Gasteiger partial charge in [-0.2, -0.15) is 0 Å². The van der Waals surface area contributed by atoms with Crippen molar-refractivity contribution in [2.45, 2.75) is 12.8 Å². The van der Waals surface area contributed by atoms with Crippen LogP contribution < -0.4 is 0 Å². The molecule has 0 N–H and O–H groups in total. The smallest absolute Gasteiger partial charge is 0.153 e. The summed E-state index contributed by atoms with van der Waals surface area (Å²) < 4.78 is 20.7. The van der Waals surface area contributed by atoms with Gasteiger partial charge in [-0.25, -0.2) is 8.42 Å². The lowest BCUT2D eigenvalue weighted by Crippen LogP contribution is -2.35. The molecule has 0 spiro atoms. The molecule has 0 aromatic heterocycles. The first-order valence-corrected chi connectivity index (χ1v) is 5.38. The van der Waals surface area contributed by atoms with Crippen molar-refractivity contribution in [3.63, 3.8) is 0 Å². The van der Waals surface area contributed by atoms with E-state index in [4.69, 9.17) is 0 Å². The van der Waals surface area contributed by atoms with Crippen molar-refractivity contribution in [3.05, 3.63) is 0 Å². The fourth-order valence-electron chi connectivity index (χ4n) is 1.39. The number of thiol groups is 1. The molecule has 0 aromatic carbocycles. The standard InChI is InChI=1S/C7H13NO3S/c9-5-7-1-3-8(4-2-7)6-12(10)11/h5,7,12H,1-4,6H2. The largest absolute Gasteiger partial charge is 0.303 e.